The van der Waals surface area contributed by atoms with Crippen molar-refractivity contribution < 1.29 is 9.53 Å². The lowest BCUT2D eigenvalue weighted by Crippen LogP contribution is -2.16. The second-order valence-corrected chi connectivity index (χ2v) is 9.08. The minimum Gasteiger partial charge on any atom is -0.449 e. The number of imidazole rings is 1. The largest absolute Gasteiger partial charge is 0.449 e. The summed E-state index contributed by atoms with van der Waals surface area (Å²) in [5, 5.41) is 2.01. The fourth-order valence-corrected chi connectivity index (χ4v) is 4.92. The van der Waals surface area contributed by atoms with E-state index in [1.165, 1.54) is 17.8 Å². The number of hydrogen-bond donors (Lipinski definition) is 2. The highest BCUT2D eigenvalue weighted by atomic mass is 35.5. The van der Waals surface area contributed by atoms with Crippen molar-refractivity contribution in [1.29, 1.82) is 0 Å². The summed E-state index contributed by atoms with van der Waals surface area (Å²) < 4.78 is 6.97. The quantitative estimate of drug-likeness (QED) is 0.479. The Balaban J connectivity index is 2.05. The topological polar surface area (TPSA) is 103 Å². The first-order valence-corrected chi connectivity index (χ1v) is 11.1. The third kappa shape index (κ3) is 6.29. The molecule has 3 rings (SSSR count). The van der Waals surface area contributed by atoms with E-state index in [0.29, 0.717) is 23.0 Å². The van der Waals surface area contributed by atoms with Crippen molar-refractivity contribution in [2.45, 2.75) is 42.7 Å². The fourth-order valence-electron chi connectivity index (χ4n) is 3.01. The Bertz CT molecular complexity index is 1100. The second-order valence-electron chi connectivity index (χ2n) is 7.15. The van der Waals surface area contributed by atoms with Gasteiger partial charge in [-0.25, -0.2) is 9.78 Å². The zero-order chi connectivity index (χ0) is 22.5. The molecule has 0 unspecified atom stereocenters. The van der Waals surface area contributed by atoms with Crippen LogP contribution >= 0.6 is 35.0 Å². The number of ether oxygens (including phenoxy) is 1. The van der Waals surface area contributed by atoms with Gasteiger partial charge >= 0.3 is 6.09 Å². The Morgan fingerprint density at radius 2 is 1.97 bits per heavy atom. The van der Waals surface area contributed by atoms with Crippen molar-refractivity contribution in [1.82, 2.24) is 14.5 Å². The molecule has 1 aromatic carbocycles. The Labute approximate surface area is 193 Å². The summed E-state index contributed by atoms with van der Waals surface area (Å²) in [6.45, 7) is 4.71. The summed E-state index contributed by atoms with van der Waals surface area (Å²) in [5.41, 5.74) is 6.73. The lowest BCUT2D eigenvalue weighted by Gasteiger charge is -2.14. The standard InChI is InChI=1S/C21H22Cl2N4O3S/c1-12(2)19-20(31-16-8-14(22)7-15(23)9-16)27(11-13-3-4-18(28)25-10-13)17(26-19)5-6-30-21(24)29/h3-4,7-10,12H,5-6,11H2,1-2H3,(H2,24,29)(H,25,28). The number of nitrogens with two attached hydrogens (primary N) is 1. The number of amides is 1. The second kappa shape index (κ2) is 10.3. The molecule has 0 spiro atoms. The van der Waals surface area contributed by atoms with Crippen molar-refractivity contribution >= 4 is 41.1 Å². The molecule has 10 heteroatoms. The van der Waals surface area contributed by atoms with Crippen LogP contribution in [-0.4, -0.2) is 27.2 Å². The first-order chi connectivity index (χ1) is 14.7. The first kappa shape index (κ1) is 23.2. The summed E-state index contributed by atoms with van der Waals surface area (Å²) >= 11 is 13.9. The van der Waals surface area contributed by atoms with Crippen LogP contribution in [0.25, 0.3) is 0 Å². The van der Waals surface area contributed by atoms with Crippen LogP contribution in [-0.2, 0) is 17.7 Å². The third-order valence-electron chi connectivity index (χ3n) is 4.38. The van der Waals surface area contributed by atoms with Gasteiger partial charge in [-0.15, -0.1) is 0 Å². The lowest BCUT2D eigenvalue weighted by molar-refractivity contribution is 0.157. The molecule has 0 fully saturated rings. The van der Waals surface area contributed by atoms with Crippen LogP contribution in [0.1, 0.15) is 36.8 Å². The highest BCUT2D eigenvalue weighted by molar-refractivity contribution is 7.99. The van der Waals surface area contributed by atoms with Gasteiger partial charge in [0.05, 0.1) is 12.2 Å². The maximum atomic E-state index is 11.4. The molecule has 0 saturated heterocycles. The van der Waals surface area contributed by atoms with E-state index in [4.69, 9.17) is 38.7 Å². The molecule has 0 aliphatic rings. The number of hydrogen-bond acceptors (Lipinski definition) is 5. The van der Waals surface area contributed by atoms with Gasteiger partial charge in [0.2, 0.25) is 5.56 Å². The molecule has 7 nitrogen and oxygen atoms in total. The smallest absolute Gasteiger partial charge is 0.404 e. The minimum atomic E-state index is -0.828. The number of nitrogens with zero attached hydrogens (tertiary/aromatic N) is 2. The Hall–Kier alpha value is -2.42. The van der Waals surface area contributed by atoms with Crippen LogP contribution in [0.5, 0.6) is 0 Å². The Morgan fingerprint density at radius 3 is 2.55 bits per heavy atom. The number of aromatic amines is 1. The first-order valence-electron chi connectivity index (χ1n) is 9.56. The van der Waals surface area contributed by atoms with Gasteiger partial charge in [0.25, 0.3) is 0 Å². The molecule has 0 bridgehead atoms. The van der Waals surface area contributed by atoms with E-state index in [1.807, 2.05) is 16.7 Å². The summed E-state index contributed by atoms with van der Waals surface area (Å²) in [5.74, 6) is 0.886. The minimum absolute atomic E-state index is 0.114. The lowest BCUT2D eigenvalue weighted by atomic mass is 10.1. The maximum Gasteiger partial charge on any atom is 0.404 e. The normalized spacial score (nSPS) is 11.1. The summed E-state index contributed by atoms with van der Waals surface area (Å²) in [6.07, 6.45) is 1.24. The van der Waals surface area contributed by atoms with Crippen molar-refractivity contribution in [3.63, 3.8) is 0 Å². The number of carbonyl (C=O) groups excluding carboxylic acids is 1. The van der Waals surface area contributed by atoms with Crippen LogP contribution in [0.4, 0.5) is 4.79 Å². The van der Waals surface area contributed by atoms with Gasteiger partial charge in [-0.1, -0.05) is 54.9 Å². The van der Waals surface area contributed by atoms with Crippen LogP contribution < -0.4 is 11.3 Å². The summed E-state index contributed by atoms with van der Waals surface area (Å²) in [7, 11) is 0. The third-order valence-corrected chi connectivity index (χ3v) is 5.91. The van der Waals surface area contributed by atoms with Crippen molar-refractivity contribution in [3.8, 4) is 0 Å². The van der Waals surface area contributed by atoms with E-state index in [2.05, 4.69) is 18.8 Å². The maximum absolute atomic E-state index is 11.4. The molecule has 0 radical (unpaired) electrons. The number of pyridine rings is 1. The Morgan fingerprint density at radius 1 is 1.26 bits per heavy atom. The number of rotatable bonds is 8. The molecule has 0 saturated carbocycles. The zero-order valence-electron chi connectivity index (χ0n) is 17.0. The van der Waals surface area contributed by atoms with E-state index >= 15 is 0 Å². The van der Waals surface area contributed by atoms with Crippen molar-refractivity contribution in [2.75, 3.05) is 6.61 Å². The van der Waals surface area contributed by atoms with E-state index in [0.717, 1.165) is 27.0 Å². The van der Waals surface area contributed by atoms with Gasteiger partial charge in [-0.05, 0) is 29.7 Å². The Kier molecular flexibility index (Phi) is 7.69. The predicted molar refractivity (Wildman–Crippen MR) is 122 cm³/mol. The number of aromatic nitrogens is 3. The molecule has 0 aliphatic heterocycles. The molecule has 2 aromatic heterocycles. The number of nitrogens with one attached hydrogen (secondary N) is 1. The molecule has 2 heterocycles. The molecular formula is C21H22Cl2N4O3S. The van der Waals surface area contributed by atoms with Gasteiger partial charge in [0.1, 0.15) is 17.5 Å². The molecule has 0 atom stereocenters. The van der Waals surface area contributed by atoms with Crippen LogP contribution in [0.3, 0.4) is 0 Å². The van der Waals surface area contributed by atoms with Crippen molar-refractivity contribution in [2.24, 2.45) is 5.73 Å². The zero-order valence-corrected chi connectivity index (χ0v) is 19.4. The number of benzene rings is 1. The average Bonchev–Trinajstić information content (AvgIpc) is 3.00. The highest BCUT2D eigenvalue weighted by Gasteiger charge is 2.21. The molecule has 1 amide bonds. The van der Waals surface area contributed by atoms with E-state index in [1.54, 1.807) is 18.3 Å². The average molecular weight is 481 g/mol. The molecule has 3 aromatic rings. The van der Waals surface area contributed by atoms with Crippen LogP contribution in [0.2, 0.25) is 10.0 Å². The van der Waals surface area contributed by atoms with Gasteiger partial charge in [0.15, 0.2) is 0 Å². The number of carbonyl (C=O) groups is 1. The highest BCUT2D eigenvalue weighted by Crippen LogP contribution is 2.37. The molecule has 0 aliphatic carbocycles. The molecule has 31 heavy (non-hydrogen) atoms. The number of primary amides is 1. The fraction of sp³-hybridized carbons (Fsp3) is 0.286. The van der Waals surface area contributed by atoms with Crippen molar-refractivity contribution in [3.05, 3.63) is 74.0 Å². The van der Waals surface area contributed by atoms with Gasteiger partial charge in [0, 0.05) is 33.6 Å². The van der Waals surface area contributed by atoms with E-state index in [-0.39, 0.29) is 18.1 Å². The number of H-pyrrole nitrogens is 1. The van der Waals surface area contributed by atoms with E-state index in [9.17, 15) is 9.59 Å². The van der Waals surface area contributed by atoms with Crippen LogP contribution in [0, 0.1) is 0 Å². The summed E-state index contributed by atoms with van der Waals surface area (Å²) in [6, 6.07) is 8.61. The molecule has 164 valence electrons. The van der Waals surface area contributed by atoms with Gasteiger partial charge < -0.3 is 20.0 Å². The summed E-state index contributed by atoms with van der Waals surface area (Å²) in [4.78, 5) is 30.8. The van der Waals surface area contributed by atoms with Gasteiger partial charge in [-0.3, -0.25) is 4.79 Å². The SMILES string of the molecule is CC(C)c1nc(CCOC(N)=O)n(Cc2ccc(=O)[nH]c2)c1Sc1cc(Cl)cc(Cl)c1. The monoisotopic (exact) mass is 480 g/mol. The number of halogens is 2. The molecular weight excluding hydrogens is 459 g/mol. The van der Waals surface area contributed by atoms with Gasteiger partial charge in [-0.2, -0.15) is 0 Å². The van der Waals surface area contributed by atoms with Crippen LogP contribution in [0.15, 0.2) is 51.2 Å². The molecule has 3 N–H and O–H groups in total. The predicted octanol–water partition coefficient (Wildman–Crippen LogP) is 4.84. The van der Waals surface area contributed by atoms with E-state index < -0.39 is 6.09 Å².